The molecule has 8 heteroatoms. The van der Waals surface area contributed by atoms with Gasteiger partial charge in [0.1, 0.15) is 4.90 Å². The molecule has 0 unspecified atom stereocenters. The highest BCUT2D eigenvalue weighted by Gasteiger charge is 2.40. The van der Waals surface area contributed by atoms with E-state index in [0.29, 0.717) is 11.5 Å². The highest BCUT2D eigenvalue weighted by atomic mass is 32.2. The Morgan fingerprint density at radius 1 is 1.09 bits per heavy atom. The summed E-state index contributed by atoms with van der Waals surface area (Å²) in [6.07, 6.45) is 4.33. The van der Waals surface area contributed by atoms with Gasteiger partial charge in [0.25, 0.3) is 0 Å². The van der Waals surface area contributed by atoms with Gasteiger partial charge in [-0.3, -0.25) is 0 Å². The fraction of sp³-hybridized carbons (Fsp3) is 0.400. The van der Waals surface area contributed by atoms with Crippen LogP contribution < -0.4 is 9.47 Å². The molecule has 3 rings (SSSR count). The van der Waals surface area contributed by atoms with Crippen molar-refractivity contribution in [3.8, 4) is 11.5 Å². The molecule has 7 nitrogen and oxygen atoms in total. The average molecular weight is 474 g/mol. The van der Waals surface area contributed by atoms with Crippen LogP contribution in [0.4, 0.5) is 0 Å². The summed E-state index contributed by atoms with van der Waals surface area (Å²) >= 11 is 0. The van der Waals surface area contributed by atoms with Crippen molar-refractivity contribution in [2.75, 3.05) is 21.3 Å². The minimum Gasteiger partial charge on any atom is -0.493 e. The van der Waals surface area contributed by atoms with E-state index in [1.54, 1.807) is 6.07 Å². The second-order valence-electron chi connectivity index (χ2n) is 8.29. The van der Waals surface area contributed by atoms with Gasteiger partial charge in [-0.1, -0.05) is 38.1 Å². The SMILES string of the molecule is COC(=O)/C=C/c1cc(OC)c(OC)c(S(=O)(=O)N(Cc2ccc(C(C)C)cc2)C2CC2)c1. The second-order valence-corrected chi connectivity index (χ2v) is 10.1. The molecule has 0 heterocycles. The standard InChI is InChI=1S/C25H31NO6S/c1-17(2)20-9-6-18(7-10-20)16-26(21-11-12-21)33(28,29)23-15-19(8-13-24(27)31-4)14-22(30-3)25(23)32-5/h6-10,13-15,17,21H,11-12,16H2,1-5H3/b13-8+. The summed E-state index contributed by atoms with van der Waals surface area (Å²) in [6.45, 7) is 4.51. The summed E-state index contributed by atoms with van der Waals surface area (Å²) in [4.78, 5) is 11.5. The molecule has 1 fully saturated rings. The Balaban J connectivity index is 2.03. The molecule has 0 atom stereocenters. The lowest BCUT2D eigenvalue weighted by Gasteiger charge is -2.24. The van der Waals surface area contributed by atoms with Crippen LogP contribution in [-0.4, -0.2) is 46.1 Å². The first-order valence-corrected chi connectivity index (χ1v) is 12.3. The Morgan fingerprint density at radius 2 is 1.76 bits per heavy atom. The van der Waals surface area contributed by atoms with Crippen molar-refractivity contribution in [3.05, 3.63) is 59.2 Å². The lowest BCUT2D eigenvalue weighted by Crippen LogP contribution is -2.33. The third-order valence-electron chi connectivity index (χ3n) is 5.61. The molecule has 0 bridgehead atoms. The molecule has 0 aliphatic heterocycles. The van der Waals surface area contributed by atoms with Crippen LogP contribution in [0.15, 0.2) is 47.4 Å². The van der Waals surface area contributed by atoms with Crippen molar-refractivity contribution in [1.82, 2.24) is 4.31 Å². The first-order valence-electron chi connectivity index (χ1n) is 10.8. The van der Waals surface area contributed by atoms with Crippen molar-refractivity contribution in [1.29, 1.82) is 0 Å². The third kappa shape index (κ3) is 5.75. The minimum absolute atomic E-state index is 0.000401. The summed E-state index contributed by atoms with van der Waals surface area (Å²) in [6, 6.07) is 11.1. The molecule has 33 heavy (non-hydrogen) atoms. The van der Waals surface area contributed by atoms with Gasteiger partial charge in [0.2, 0.25) is 10.0 Å². The molecule has 1 aliphatic carbocycles. The van der Waals surface area contributed by atoms with Crippen molar-refractivity contribution < 1.29 is 27.4 Å². The predicted octanol–water partition coefficient (Wildman–Crippen LogP) is 4.37. The van der Waals surface area contributed by atoms with Crippen molar-refractivity contribution in [2.45, 2.75) is 50.1 Å². The smallest absolute Gasteiger partial charge is 0.330 e. The number of hydrogen-bond acceptors (Lipinski definition) is 6. The molecule has 1 aliphatic rings. The van der Waals surface area contributed by atoms with Crippen molar-refractivity contribution >= 4 is 22.1 Å². The van der Waals surface area contributed by atoms with Crippen molar-refractivity contribution in [3.63, 3.8) is 0 Å². The molecule has 0 radical (unpaired) electrons. The first kappa shape index (κ1) is 24.8. The number of carbonyl (C=O) groups is 1. The number of esters is 1. The molecule has 0 saturated heterocycles. The molecule has 2 aromatic carbocycles. The van der Waals surface area contributed by atoms with E-state index in [9.17, 15) is 13.2 Å². The fourth-order valence-corrected chi connectivity index (χ4v) is 5.44. The lowest BCUT2D eigenvalue weighted by atomic mass is 10.0. The summed E-state index contributed by atoms with van der Waals surface area (Å²) < 4.78 is 44.7. The predicted molar refractivity (Wildman–Crippen MR) is 127 cm³/mol. The highest BCUT2D eigenvalue weighted by molar-refractivity contribution is 7.89. The zero-order valence-corrected chi connectivity index (χ0v) is 20.5. The minimum atomic E-state index is -3.93. The molecule has 2 aromatic rings. The van der Waals surface area contributed by atoms with E-state index in [1.165, 1.54) is 49.4 Å². The van der Waals surface area contributed by atoms with Crippen LogP contribution in [0.5, 0.6) is 11.5 Å². The van der Waals surface area contributed by atoms with Gasteiger partial charge < -0.3 is 14.2 Å². The molecule has 0 amide bonds. The van der Waals surface area contributed by atoms with Crippen molar-refractivity contribution in [2.24, 2.45) is 0 Å². The van der Waals surface area contributed by atoms with E-state index in [4.69, 9.17) is 9.47 Å². The molecule has 1 saturated carbocycles. The Labute approximate surface area is 196 Å². The van der Waals surface area contributed by atoms with Gasteiger partial charge in [-0.25, -0.2) is 13.2 Å². The Morgan fingerprint density at radius 3 is 2.27 bits per heavy atom. The quantitative estimate of drug-likeness (QED) is 0.377. The van der Waals surface area contributed by atoms with Crippen LogP contribution in [0.25, 0.3) is 6.08 Å². The van der Waals surface area contributed by atoms with Crippen LogP contribution in [0.3, 0.4) is 0 Å². The van der Waals surface area contributed by atoms with Gasteiger partial charge in [0.05, 0.1) is 21.3 Å². The van der Waals surface area contributed by atoms with E-state index in [2.05, 4.69) is 18.6 Å². The Kier molecular flexibility index (Phi) is 7.81. The van der Waals surface area contributed by atoms with Crippen LogP contribution in [0.1, 0.15) is 49.3 Å². The topological polar surface area (TPSA) is 82.1 Å². The number of methoxy groups -OCH3 is 3. The molecule has 178 valence electrons. The van der Waals surface area contributed by atoms with Gasteiger partial charge in [-0.2, -0.15) is 4.31 Å². The van der Waals surface area contributed by atoms with E-state index in [-0.39, 0.29) is 29.0 Å². The zero-order chi connectivity index (χ0) is 24.2. The first-order chi connectivity index (χ1) is 15.7. The molecule has 0 aromatic heterocycles. The lowest BCUT2D eigenvalue weighted by molar-refractivity contribution is -0.134. The summed E-state index contributed by atoms with van der Waals surface area (Å²) in [5, 5.41) is 0. The molecular weight excluding hydrogens is 442 g/mol. The van der Waals surface area contributed by atoms with Gasteiger partial charge in [-0.05, 0) is 53.7 Å². The van der Waals surface area contributed by atoms with Crippen LogP contribution in [0, 0.1) is 0 Å². The summed E-state index contributed by atoms with van der Waals surface area (Å²) in [7, 11) is 0.201. The van der Waals surface area contributed by atoms with E-state index in [0.717, 1.165) is 18.4 Å². The molecule has 0 spiro atoms. The fourth-order valence-electron chi connectivity index (χ4n) is 3.56. The monoisotopic (exact) mass is 473 g/mol. The maximum absolute atomic E-state index is 13.9. The number of benzene rings is 2. The zero-order valence-electron chi connectivity index (χ0n) is 19.7. The van der Waals surface area contributed by atoms with E-state index >= 15 is 0 Å². The molecular formula is C25H31NO6S. The maximum atomic E-state index is 13.9. The largest absolute Gasteiger partial charge is 0.493 e. The van der Waals surface area contributed by atoms with Gasteiger partial charge >= 0.3 is 5.97 Å². The highest BCUT2D eigenvalue weighted by Crippen LogP contribution is 2.41. The van der Waals surface area contributed by atoms with E-state index in [1.807, 2.05) is 24.3 Å². The second kappa shape index (κ2) is 10.4. The van der Waals surface area contributed by atoms with Crippen LogP contribution in [-0.2, 0) is 26.1 Å². The summed E-state index contributed by atoms with van der Waals surface area (Å²) in [5.41, 5.74) is 2.60. The number of hydrogen-bond donors (Lipinski definition) is 0. The number of nitrogens with zero attached hydrogens (tertiary/aromatic N) is 1. The average Bonchev–Trinajstić information content (AvgIpc) is 3.65. The Hall–Kier alpha value is -2.84. The van der Waals surface area contributed by atoms with Gasteiger partial charge in [0, 0.05) is 18.7 Å². The number of rotatable bonds is 10. The van der Waals surface area contributed by atoms with Crippen LogP contribution >= 0.6 is 0 Å². The number of sulfonamides is 1. The Bertz CT molecular complexity index is 1120. The maximum Gasteiger partial charge on any atom is 0.330 e. The number of ether oxygens (including phenoxy) is 3. The van der Waals surface area contributed by atoms with E-state index < -0.39 is 16.0 Å². The molecule has 0 N–H and O–H groups in total. The summed E-state index contributed by atoms with van der Waals surface area (Å²) in [5.74, 6) is 0.257. The van der Waals surface area contributed by atoms with Crippen LogP contribution in [0.2, 0.25) is 0 Å². The third-order valence-corrected chi connectivity index (χ3v) is 7.51. The van der Waals surface area contributed by atoms with Gasteiger partial charge in [-0.15, -0.1) is 0 Å². The normalized spacial score (nSPS) is 14.2. The van der Waals surface area contributed by atoms with Gasteiger partial charge in [0.15, 0.2) is 11.5 Å². The number of carbonyl (C=O) groups excluding carboxylic acids is 1.